The molecule has 94 valence electrons. The smallest absolute Gasteiger partial charge is 0.210 e. The summed E-state index contributed by atoms with van der Waals surface area (Å²) in [6.07, 6.45) is 0. The van der Waals surface area contributed by atoms with Crippen LogP contribution in [-0.4, -0.2) is 5.78 Å². The number of nitrogen functional groups attached to an aromatic ring is 1. The van der Waals surface area contributed by atoms with Crippen LogP contribution in [0.15, 0.2) is 22.7 Å². The van der Waals surface area contributed by atoms with Crippen LogP contribution in [0.3, 0.4) is 0 Å². The van der Waals surface area contributed by atoms with Crippen LogP contribution in [0, 0.1) is 18.6 Å². The van der Waals surface area contributed by atoms with Crippen molar-refractivity contribution in [2.45, 2.75) is 6.92 Å². The van der Waals surface area contributed by atoms with Crippen LogP contribution >= 0.6 is 27.3 Å². The van der Waals surface area contributed by atoms with Gasteiger partial charge in [-0.05, 0) is 41.1 Å². The van der Waals surface area contributed by atoms with Crippen molar-refractivity contribution in [1.82, 2.24) is 0 Å². The molecule has 0 aliphatic rings. The van der Waals surface area contributed by atoms with Crippen molar-refractivity contribution in [2.24, 2.45) is 0 Å². The van der Waals surface area contributed by atoms with E-state index in [4.69, 9.17) is 5.73 Å². The van der Waals surface area contributed by atoms with Gasteiger partial charge in [0.2, 0.25) is 5.78 Å². The molecule has 0 saturated carbocycles. The van der Waals surface area contributed by atoms with Crippen LogP contribution < -0.4 is 5.73 Å². The number of hydrogen-bond donors (Lipinski definition) is 1. The third kappa shape index (κ3) is 2.18. The van der Waals surface area contributed by atoms with Crippen LogP contribution in [0.5, 0.6) is 0 Å². The molecule has 6 heteroatoms. The number of benzene rings is 1. The Kier molecular flexibility index (Phi) is 3.49. The summed E-state index contributed by atoms with van der Waals surface area (Å²) >= 11 is 4.37. The Morgan fingerprint density at radius 3 is 2.61 bits per heavy atom. The average Bonchev–Trinajstić information content (AvgIpc) is 2.63. The molecular weight excluding hydrogens is 324 g/mol. The van der Waals surface area contributed by atoms with E-state index >= 15 is 0 Å². The van der Waals surface area contributed by atoms with Crippen LogP contribution in [0.2, 0.25) is 0 Å². The van der Waals surface area contributed by atoms with E-state index in [9.17, 15) is 13.6 Å². The predicted molar refractivity (Wildman–Crippen MR) is 71.0 cm³/mol. The van der Waals surface area contributed by atoms with Gasteiger partial charge in [0.25, 0.3) is 0 Å². The van der Waals surface area contributed by atoms with Crippen molar-refractivity contribution in [2.75, 3.05) is 5.73 Å². The summed E-state index contributed by atoms with van der Waals surface area (Å²) in [6.45, 7) is 1.80. The van der Waals surface area contributed by atoms with Gasteiger partial charge in [-0.3, -0.25) is 4.79 Å². The molecule has 0 aliphatic carbocycles. The van der Waals surface area contributed by atoms with Crippen LogP contribution in [0.25, 0.3) is 0 Å². The Balaban J connectivity index is 2.60. The SMILES string of the molecule is Cc1cc(Br)c(C(=O)c2c(F)ccc(N)c2F)s1. The van der Waals surface area contributed by atoms with Crippen molar-refractivity contribution < 1.29 is 13.6 Å². The van der Waals surface area contributed by atoms with Gasteiger partial charge in [0.05, 0.1) is 16.1 Å². The number of carbonyl (C=O) groups is 1. The highest BCUT2D eigenvalue weighted by atomic mass is 79.9. The van der Waals surface area contributed by atoms with Crippen LogP contribution in [0.4, 0.5) is 14.5 Å². The van der Waals surface area contributed by atoms with Crippen molar-refractivity contribution in [3.8, 4) is 0 Å². The fourth-order valence-corrected chi connectivity index (χ4v) is 3.30. The topological polar surface area (TPSA) is 43.1 Å². The van der Waals surface area contributed by atoms with E-state index in [0.717, 1.165) is 17.0 Å². The lowest BCUT2D eigenvalue weighted by Crippen LogP contribution is -2.08. The summed E-state index contributed by atoms with van der Waals surface area (Å²) in [5, 5.41) is 0. The van der Waals surface area contributed by atoms with Crippen molar-refractivity contribution in [3.05, 3.63) is 49.6 Å². The number of thiophene rings is 1. The molecule has 2 aromatic rings. The number of halogens is 3. The zero-order valence-electron chi connectivity index (χ0n) is 9.26. The van der Waals surface area contributed by atoms with Gasteiger partial charge in [-0.1, -0.05) is 0 Å². The molecule has 0 unspecified atom stereocenters. The Hall–Kier alpha value is -1.27. The normalized spacial score (nSPS) is 10.7. The summed E-state index contributed by atoms with van der Waals surface area (Å²) in [5.74, 6) is -2.63. The van der Waals surface area contributed by atoms with Crippen LogP contribution in [-0.2, 0) is 0 Å². The Morgan fingerprint density at radius 1 is 1.39 bits per heavy atom. The molecule has 0 amide bonds. The van der Waals surface area contributed by atoms with Gasteiger partial charge >= 0.3 is 0 Å². The molecule has 0 atom stereocenters. The molecule has 2 nitrogen and oxygen atoms in total. The van der Waals surface area contributed by atoms with Gasteiger partial charge in [0.1, 0.15) is 5.82 Å². The maximum Gasteiger partial charge on any atom is 0.210 e. The number of nitrogens with two attached hydrogens (primary N) is 1. The number of carbonyl (C=O) groups excluding carboxylic acids is 1. The molecule has 0 fully saturated rings. The summed E-state index contributed by atoms with van der Waals surface area (Å²) in [7, 11) is 0. The largest absolute Gasteiger partial charge is 0.396 e. The first-order valence-corrected chi connectivity index (χ1v) is 6.57. The molecule has 1 aromatic heterocycles. The zero-order valence-corrected chi connectivity index (χ0v) is 11.7. The lowest BCUT2D eigenvalue weighted by Gasteiger charge is -2.05. The summed E-state index contributed by atoms with van der Waals surface area (Å²) in [4.78, 5) is 13.2. The van der Waals surface area contributed by atoms with Gasteiger partial charge in [0, 0.05) is 9.35 Å². The second kappa shape index (κ2) is 4.78. The van der Waals surface area contributed by atoms with Crippen LogP contribution in [0.1, 0.15) is 20.1 Å². The summed E-state index contributed by atoms with van der Waals surface area (Å²) in [6, 6.07) is 3.80. The summed E-state index contributed by atoms with van der Waals surface area (Å²) in [5.41, 5.74) is 4.49. The predicted octanol–water partition coefficient (Wildman–Crippen LogP) is 3.91. The van der Waals surface area contributed by atoms with E-state index in [1.165, 1.54) is 11.3 Å². The van der Waals surface area contributed by atoms with E-state index in [0.29, 0.717) is 4.47 Å². The molecular formula is C12H8BrF2NOS. The quantitative estimate of drug-likeness (QED) is 0.669. The first-order chi connectivity index (χ1) is 8.41. The molecule has 2 rings (SSSR count). The van der Waals surface area contributed by atoms with E-state index in [1.54, 1.807) is 13.0 Å². The van der Waals surface area contributed by atoms with E-state index in [-0.39, 0.29) is 10.6 Å². The number of aryl methyl sites for hydroxylation is 1. The maximum absolute atomic E-state index is 13.7. The van der Waals surface area contributed by atoms with Gasteiger partial charge < -0.3 is 5.73 Å². The molecule has 0 radical (unpaired) electrons. The molecule has 18 heavy (non-hydrogen) atoms. The molecule has 1 aromatic carbocycles. The highest BCUT2D eigenvalue weighted by Gasteiger charge is 2.24. The Morgan fingerprint density at radius 2 is 2.06 bits per heavy atom. The standard InChI is InChI=1S/C12H8BrF2NOS/c1-5-4-6(13)12(18-5)11(17)9-7(14)2-3-8(16)10(9)15/h2-4H,16H2,1H3. The maximum atomic E-state index is 13.7. The lowest BCUT2D eigenvalue weighted by atomic mass is 10.1. The lowest BCUT2D eigenvalue weighted by molar-refractivity contribution is 0.103. The van der Waals surface area contributed by atoms with Crippen molar-refractivity contribution >= 4 is 38.7 Å². The second-order valence-corrected chi connectivity index (χ2v) is 5.80. The minimum absolute atomic E-state index is 0.246. The van der Waals surface area contributed by atoms with E-state index < -0.39 is 23.0 Å². The highest BCUT2D eigenvalue weighted by molar-refractivity contribution is 9.10. The monoisotopic (exact) mass is 331 g/mol. The Labute approximate surface area is 115 Å². The van der Waals surface area contributed by atoms with Crippen molar-refractivity contribution in [1.29, 1.82) is 0 Å². The third-order valence-corrected chi connectivity index (χ3v) is 4.30. The number of hydrogen-bond acceptors (Lipinski definition) is 3. The minimum atomic E-state index is -1.02. The first-order valence-electron chi connectivity index (χ1n) is 4.96. The molecule has 0 spiro atoms. The van der Waals surface area contributed by atoms with Gasteiger partial charge in [-0.25, -0.2) is 8.78 Å². The van der Waals surface area contributed by atoms with E-state index in [2.05, 4.69) is 15.9 Å². The molecule has 0 aliphatic heterocycles. The fraction of sp³-hybridized carbons (Fsp3) is 0.0833. The van der Waals surface area contributed by atoms with E-state index in [1.807, 2.05) is 0 Å². The Bertz CT molecular complexity index is 639. The minimum Gasteiger partial charge on any atom is -0.396 e. The molecule has 0 saturated heterocycles. The highest BCUT2D eigenvalue weighted by Crippen LogP contribution is 2.31. The summed E-state index contributed by atoms with van der Waals surface area (Å²) < 4.78 is 27.8. The van der Waals surface area contributed by atoms with Gasteiger partial charge in [-0.15, -0.1) is 11.3 Å². The second-order valence-electron chi connectivity index (χ2n) is 3.69. The van der Waals surface area contributed by atoms with Gasteiger partial charge in [0.15, 0.2) is 5.82 Å². The van der Waals surface area contributed by atoms with Gasteiger partial charge in [-0.2, -0.15) is 0 Å². The third-order valence-electron chi connectivity index (χ3n) is 2.36. The average molecular weight is 332 g/mol. The number of ketones is 1. The molecule has 1 heterocycles. The number of rotatable bonds is 2. The fourth-order valence-electron chi connectivity index (χ4n) is 1.53. The number of anilines is 1. The van der Waals surface area contributed by atoms with Crippen molar-refractivity contribution in [3.63, 3.8) is 0 Å². The zero-order chi connectivity index (χ0) is 13.4. The molecule has 0 bridgehead atoms. The molecule has 2 N–H and O–H groups in total. The first kappa shape index (κ1) is 13.2.